The van der Waals surface area contributed by atoms with E-state index in [0.29, 0.717) is 17.2 Å². The highest BCUT2D eigenvalue weighted by Gasteiger charge is 2.28. The average molecular weight is 299 g/mol. The van der Waals surface area contributed by atoms with E-state index in [1.807, 2.05) is 6.92 Å². The summed E-state index contributed by atoms with van der Waals surface area (Å²) in [5.74, 6) is 0.149. The Labute approximate surface area is 127 Å². The monoisotopic (exact) mass is 299 g/mol. The summed E-state index contributed by atoms with van der Waals surface area (Å²) in [5.41, 5.74) is 2.84. The van der Waals surface area contributed by atoms with Crippen LogP contribution in [-0.2, 0) is 0 Å². The number of aryl methyl sites for hydroxylation is 1. The first kappa shape index (κ1) is 14.3. The number of nitrogens with one attached hydrogen (secondary N) is 2. The number of carbonyl (C=O) groups excluding carboxylic acids is 2. The lowest BCUT2D eigenvalue weighted by Crippen LogP contribution is -2.18. The maximum Gasteiger partial charge on any atom is 0.294 e. The fraction of sp³-hybridized carbons (Fsp3) is 0.312. The smallest absolute Gasteiger partial charge is 0.294 e. The summed E-state index contributed by atoms with van der Waals surface area (Å²) in [4.78, 5) is 23.7. The molecule has 6 nitrogen and oxygen atoms in total. The number of benzene rings is 1. The van der Waals surface area contributed by atoms with Crippen molar-refractivity contribution in [2.45, 2.75) is 25.7 Å². The first-order valence-electron chi connectivity index (χ1n) is 7.19. The van der Waals surface area contributed by atoms with Gasteiger partial charge in [0.05, 0.1) is 5.69 Å². The van der Waals surface area contributed by atoms with Crippen LogP contribution in [0.2, 0.25) is 0 Å². The van der Waals surface area contributed by atoms with E-state index in [2.05, 4.69) is 15.8 Å². The zero-order valence-corrected chi connectivity index (χ0v) is 12.5. The second-order valence-electron chi connectivity index (χ2n) is 5.45. The molecule has 0 radical (unpaired) electrons. The number of anilines is 1. The van der Waals surface area contributed by atoms with E-state index in [0.717, 1.165) is 24.1 Å². The fourth-order valence-electron chi connectivity index (χ4n) is 2.24. The Morgan fingerprint density at radius 1 is 1.23 bits per heavy atom. The van der Waals surface area contributed by atoms with Gasteiger partial charge < -0.3 is 15.2 Å². The highest BCUT2D eigenvalue weighted by atomic mass is 16.5. The Hall–Kier alpha value is -2.63. The van der Waals surface area contributed by atoms with Crippen LogP contribution in [0.3, 0.4) is 0 Å². The summed E-state index contributed by atoms with van der Waals surface area (Å²) >= 11 is 0. The topological polar surface area (TPSA) is 84.2 Å². The van der Waals surface area contributed by atoms with E-state index in [4.69, 9.17) is 4.52 Å². The van der Waals surface area contributed by atoms with Gasteiger partial charge in [0, 0.05) is 30.3 Å². The number of rotatable bonds is 4. The highest BCUT2D eigenvalue weighted by molar-refractivity contribution is 6.03. The van der Waals surface area contributed by atoms with E-state index in [1.165, 1.54) is 0 Å². The molecule has 1 saturated carbocycles. The van der Waals surface area contributed by atoms with E-state index >= 15 is 0 Å². The normalized spacial score (nSPS) is 13.7. The standard InChI is InChI=1S/C16H17N3O3/c1-9-7-11(15(20)17-2)5-6-12(9)18-16(21)14-8-13(19-22-14)10-3-4-10/h5-8,10H,3-4H2,1-2H3,(H,17,20)(H,18,21). The van der Waals surface area contributed by atoms with Crippen molar-refractivity contribution in [2.24, 2.45) is 0 Å². The lowest BCUT2D eigenvalue weighted by Gasteiger charge is -2.08. The van der Waals surface area contributed by atoms with Crippen LogP contribution in [0.1, 0.15) is 50.9 Å². The lowest BCUT2D eigenvalue weighted by molar-refractivity contribution is 0.0961. The Bertz CT molecular complexity index is 732. The Balaban J connectivity index is 1.74. The zero-order chi connectivity index (χ0) is 15.7. The maximum atomic E-state index is 12.2. The number of aromatic nitrogens is 1. The molecule has 1 aromatic heterocycles. The molecule has 0 bridgehead atoms. The van der Waals surface area contributed by atoms with Crippen molar-refractivity contribution in [3.8, 4) is 0 Å². The summed E-state index contributed by atoms with van der Waals surface area (Å²) in [7, 11) is 1.58. The van der Waals surface area contributed by atoms with Crippen LogP contribution in [0.5, 0.6) is 0 Å². The predicted molar refractivity (Wildman–Crippen MR) is 81.0 cm³/mol. The minimum absolute atomic E-state index is 0.162. The third kappa shape index (κ3) is 2.86. The minimum atomic E-state index is -0.338. The van der Waals surface area contributed by atoms with E-state index in [-0.39, 0.29) is 17.6 Å². The van der Waals surface area contributed by atoms with Crippen molar-refractivity contribution in [3.63, 3.8) is 0 Å². The van der Waals surface area contributed by atoms with Gasteiger partial charge in [-0.2, -0.15) is 0 Å². The largest absolute Gasteiger partial charge is 0.355 e. The van der Waals surface area contributed by atoms with Crippen molar-refractivity contribution < 1.29 is 14.1 Å². The van der Waals surface area contributed by atoms with Crippen molar-refractivity contribution in [1.29, 1.82) is 0 Å². The van der Waals surface area contributed by atoms with Gasteiger partial charge in [-0.15, -0.1) is 0 Å². The maximum absolute atomic E-state index is 12.2. The molecule has 22 heavy (non-hydrogen) atoms. The molecule has 2 N–H and O–H groups in total. The molecule has 1 aliphatic rings. The first-order valence-corrected chi connectivity index (χ1v) is 7.19. The number of hydrogen-bond acceptors (Lipinski definition) is 4. The van der Waals surface area contributed by atoms with Gasteiger partial charge in [-0.3, -0.25) is 9.59 Å². The van der Waals surface area contributed by atoms with Gasteiger partial charge in [0.1, 0.15) is 0 Å². The quantitative estimate of drug-likeness (QED) is 0.908. The summed E-state index contributed by atoms with van der Waals surface area (Å²) in [5, 5.41) is 9.27. The summed E-state index contributed by atoms with van der Waals surface area (Å²) in [6.07, 6.45) is 2.21. The number of carbonyl (C=O) groups is 2. The molecule has 3 rings (SSSR count). The van der Waals surface area contributed by atoms with Gasteiger partial charge in [0.25, 0.3) is 11.8 Å². The first-order chi connectivity index (χ1) is 10.6. The molecular formula is C16H17N3O3. The van der Waals surface area contributed by atoms with Gasteiger partial charge in [-0.05, 0) is 43.5 Å². The molecule has 1 aliphatic carbocycles. The van der Waals surface area contributed by atoms with E-state index < -0.39 is 0 Å². The second-order valence-corrected chi connectivity index (χ2v) is 5.45. The van der Waals surface area contributed by atoms with Crippen LogP contribution in [0, 0.1) is 6.92 Å². The summed E-state index contributed by atoms with van der Waals surface area (Å²) in [6, 6.07) is 6.79. The van der Waals surface area contributed by atoms with Crippen molar-refractivity contribution in [3.05, 3.63) is 46.8 Å². The van der Waals surface area contributed by atoms with Gasteiger partial charge >= 0.3 is 0 Å². The molecule has 1 fully saturated rings. The molecule has 114 valence electrons. The van der Waals surface area contributed by atoms with Crippen molar-refractivity contribution in [1.82, 2.24) is 10.5 Å². The third-order valence-corrected chi connectivity index (χ3v) is 3.71. The number of nitrogens with zero attached hydrogens (tertiary/aromatic N) is 1. The van der Waals surface area contributed by atoms with Crippen LogP contribution in [-0.4, -0.2) is 24.0 Å². The van der Waals surface area contributed by atoms with Gasteiger partial charge in [0.2, 0.25) is 5.76 Å². The molecule has 2 aromatic rings. The average Bonchev–Trinajstić information content (AvgIpc) is 3.25. The van der Waals surface area contributed by atoms with Crippen LogP contribution in [0.15, 0.2) is 28.8 Å². The van der Waals surface area contributed by atoms with Crippen molar-refractivity contribution >= 4 is 17.5 Å². The molecule has 0 spiro atoms. The molecule has 0 unspecified atom stereocenters. The minimum Gasteiger partial charge on any atom is -0.355 e. The van der Waals surface area contributed by atoms with Gasteiger partial charge in [-0.1, -0.05) is 5.16 Å². The molecular weight excluding hydrogens is 282 g/mol. The summed E-state index contributed by atoms with van der Waals surface area (Å²) < 4.78 is 5.09. The molecule has 1 aromatic carbocycles. The Morgan fingerprint density at radius 3 is 2.64 bits per heavy atom. The molecule has 0 aliphatic heterocycles. The van der Waals surface area contributed by atoms with Crippen LogP contribution < -0.4 is 10.6 Å². The summed E-state index contributed by atoms with van der Waals surface area (Å²) in [6.45, 7) is 1.83. The second kappa shape index (κ2) is 5.63. The van der Waals surface area contributed by atoms with E-state index in [1.54, 1.807) is 31.3 Å². The van der Waals surface area contributed by atoms with Crippen molar-refractivity contribution in [2.75, 3.05) is 12.4 Å². The Morgan fingerprint density at radius 2 is 2.00 bits per heavy atom. The van der Waals surface area contributed by atoms with E-state index in [9.17, 15) is 9.59 Å². The molecule has 1 heterocycles. The van der Waals surface area contributed by atoms with Crippen LogP contribution >= 0.6 is 0 Å². The predicted octanol–water partition coefficient (Wildman–Crippen LogP) is 2.47. The molecule has 0 atom stereocenters. The fourth-order valence-corrected chi connectivity index (χ4v) is 2.24. The van der Waals surface area contributed by atoms with Gasteiger partial charge in [-0.25, -0.2) is 0 Å². The lowest BCUT2D eigenvalue weighted by atomic mass is 10.1. The van der Waals surface area contributed by atoms with Crippen LogP contribution in [0.4, 0.5) is 5.69 Å². The third-order valence-electron chi connectivity index (χ3n) is 3.71. The molecule has 0 saturated heterocycles. The number of amides is 2. The number of hydrogen-bond donors (Lipinski definition) is 2. The zero-order valence-electron chi connectivity index (χ0n) is 12.5. The highest BCUT2D eigenvalue weighted by Crippen LogP contribution is 2.39. The van der Waals surface area contributed by atoms with Gasteiger partial charge in [0.15, 0.2) is 0 Å². The SMILES string of the molecule is CNC(=O)c1ccc(NC(=O)c2cc(C3CC3)no2)c(C)c1. The Kier molecular flexibility index (Phi) is 3.66. The molecule has 6 heteroatoms. The van der Waals surface area contributed by atoms with Crippen LogP contribution in [0.25, 0.3) is 0 Å². The molecule has 2 amide bonds.